The van der Waals surface area contributed by atoms with E-state index in [2.05, 4.69) is 26.6 Å². The van der Waals surface area contributed by atoms with Crippen molar-refractivity contribution in [2.75, 3.05) is 16.8 Å². The van der Waals surface area contributed by atoms with Crippen LogP contribution in [-0.4, -0.2) is 30.4 Å². The Kier molecular flexibility index (Phi) is 7.02. The Morgan fingerprint density at radius 3 is 2.46 bits per heavy atom. The number of nitrogens with one attached hydrogen (secondary N) is 2. The van der Waals surface area contributed by atoms with Crippen molar-refractivity contribution >= 4 is 57.1 Å². The Labute approximate surface area is 207 Å². The standard InChI is InChI=1S/C25H17BrFN3O5/c26-16-6-11-21(35-14-22(31)28-18-9-7-17(27)8-10-18)15(12-16)13-20-23(32)29-25(34)30(24(20)33)19-4-2-1-3-5-19/h1-13H,14H2,(H,28,31)(H,29,32,34)/b20-13-. The lowest BCUT2D eigenvalue weighted by Gasteiger charge is -2.26. The Hall–Kier alpha value is -4.31. The molecule has 2 N–H and O–H groups in total. The van der Waals surface area contributed by atoms with E-state index in [0.717, 1.165) is 4.90 Å². The molecule has 0 radical (unpaired) electrons. The van der Waals surface area contributed by atoms with Crippen molar-refractivity contribution in [2.45, 2.75) is 0 Å². The third-order valence-electron chi connectivity index (χ3n) is 4.87. The van der Waals surface area contributed by atoms with Crippen LogP contribution in [0, 0.1) is 5.82 Å². The number of carbonyl (C=O) groups excluding carboxylic acids is 4. The highest BCUT2D eigenvalue weighted by Gasteiger charge is 2.36. The van der Waals surface area contributed by atoms with Crippen molar-refractivity contribution in [1.82, 2.24) is 5.32 Å². The van der Waals surface area contributed by atoms with Crippen molar-refractivity contribution < 1.29 is 28.3 Å². The summed E-state index contributed by atoms with van der Waals surface area (Å²) in [4.78, 5) is 51.0. The van der Waals surface area contributed by atoms with Gasteiger partial charge in [0.1, 0.15) is 17.1 Å². The fourth-order valence-corrected chi connectivity index (χ4v) is 3.64. The number of rotatable bonds is 6. The Bertz CT molecular complexity index is 1340. The fraction of sp³-hybridized carbons (Fsp3) is 0.0400. The highest BCUT2D eigenvalue weighted by molar-refractivity contribution is 9.10. The van der Waals surface area contributed by atoms with E-state index < -0.39 is 29.6 Å². The van der Waals surface area contributed by atoms with Gasteiger partial charge in [0.25, 0.3) is 17.7 Å². The second-order valence-corrected chi connectivity index (χ2v) is 8.23. The molecule has 1 aliphatic heterocycles. The number of para-hydroxylation sites is 1. The molecule has 1 saturated heterocycles. The highest BCUT2D eigenvalue weighted by Crippen LogP contribution is 2.28. The van der Waals surface area contributed by atoms with Crippen molar-refractivity contribution in [3.05, 3.63) is 94.2 Å². The van der Waals surface area contributed by atoms with Gasteiger partial charge in [-0.05, 0) is 60.7 Å². The number of benzene rings is 3. The highest BCUT2D eigenvalue weighted by atomic mass is 79.9. The molecule has 0 aliphatic carbocycles. The molecule has 3 aromatic carbocycles. The first-order chi connectivity index (χ1) is 16.8. The first-order valence-corrected chi connectivity index (χ1v) is 11.1. The number of urea groups is 1. The van der Waals surface area contributed by atoms with Crippen molar-refractivity contribution in [3.63, 3.8) is 0 Å². The molecule has 0 bridgehead atoms. The van der Waals surface area contributed by atoms with Crippen LogP contribution in [-0.2, 0) is 14.4 Å². The van der Waals surface area contributed by atoms with E-state index in [0.29, 0.717) is 21.4 Å². The molecular weight excluding hydrogens is 521 g/mol. The molecule has 8 nitrogen and oxygen atoms in total. The molecule has 0 unspecified atom stereocenters. The van der Waals surface area contributed by atoms with Crippen LogP contribution in [0.2, 0.25) is 0 Å². The van der Waals surface area contributed by atoms with Gasteiger partial charge in [0.2, 0.25) is 0 Å². The Morgan fingerprint density at radius 1 is 1.03 bits per heavy atom. The average Bonchev–Trinajstić information content (AvgIpc) is 2.83. The van der Waals surface area contributed by atoms with Crippen LogP contribution >= 0.6 is 15.9 Å². The maximum absolute atomic E-state index is 13.1. The fourth-order valence-electron chi connectivity index (χ4n) is 3.26. The van der Waals surface area contributed by atoms with E-state index >= 15 is 0 Å². The topological polar surface area (TPSA) is 105 Å². The molecule has 10 heteroatoms. The van der Waals surface area contributed by atoms with Crippen LogP contribution < -0.4 is 20.3 Å². The number of barbiturate groups is 1. The second kappa shape index (κ2) is 10.3. The first kappa shape index (κ1) is 23.8. The molecule has 0 spiro atoms. The molecule has 1 heterocycles. The molecule has 35 heavy (non-hydrogen) atoms. The van der Waals surface area contributed by atoms with Gasteiger partial charge in [-0.2, -0.15) is 0 Å². The minimum atomic E-state index is -0.855. The number of amides is 5. The maximum atomic E-state index is 13.1. The molecule has 5 amide bonds. The van der Waals surface area contributed by atoms with Gasteiger partial charge in [0.05, 0.1) is 5.69 Å². The summed E-state index contributed by atoms with van der Waals surface area (Å²) >= 11 is 3.33. The zero-order valence-corrected chi connectivity index (χ0v) is 19.5. The molecule has 1 aliphatic rings. The lowest BCUT2D eigenvalue weighted by atomic mass is 10.1. The lowest BCUT2D eigenvalue weighted by Crippen LogP contribution is -2.54. The normalized spacial score (nSPS) is 14.6. The third-order valence-corrected chi connectivity index (χ3v) is 5.37. The number of imide groups is 2. The van der Waals surface area contributed by atoms with Crippen LogP contribution in [0.25, 0.3) is 6.08 Å². The summed E-state index contributed by atoms with van der Waals surface area (Å²) in [6.45, 7) is -0.385. The summed E-state index contributed by atoms with van der Waals surface area (Å²) < 4.78 is 19.3. The van der Waals surface area contributed by atoms with E-state index in [1.165, 1.54) is 30.3 Å². The van der Waals surface area contributed by atoms with E-state index in [4.69, 9.17) is 4.74 Å². The van der Waals surface area contributed by atoms with Gasteiger partial charge in [-0.15, -0.1) is 0 Å². The van der Waals surface area contributed by atoms with E-state index in [1.807, 2.05) is 0 Å². The third kappa shape index (κ3) is 5.61. The smallest absolute Gasteiger partial charge is 0.335 e. The first-order valence-electron chi connectivity index (χ1n) is 10.3. The molecule has 176 valence electrons. The summed E-state index contributed by atoms with van der Waals surface area (Å²) in [5, 5.41) is 4.74. The quantitative estimate of drug-likeness (QED) is 0.361. The molecule has 3 aromatic rings. The number of carbonyl (C=O) groups is 4. The predicted octanol–water partition coefficient (Wildman–Crippen LogP) is 4.27. The minimum absolute atomic E-state index is 0.221. The van der Waals surface area contributed by atoms with Crippen LogP contribution in [0.3, 0.4) is 0 Å². The SMILES string of the molecule is O=C(COc1ccc(Br)cc1/C=C1/C(=O)NC(=O)N(c2ccccc2)C1=O)Nc1ccc(F)cc1. The van der Waals surface area contributed by atoms with Gasteiger partial charge in [-0.1, -0.05) is 34.1 Å². The molecular formula is C25H17BrFN3O5. The maximum Gasteiger partial charge on any atom is 0.335 e. The van der Waals surface area contributed by atoms with Gasteiger partial charge in [-0.3, -0.25) is 19.7 Å². The number of halogens is 2. The van der Waals surface area contributed by atoms with E-state index in [1.54, 1.807) is 48.5 Å². The van der Waals surface area contributed by atoms with Crippen LogP contribution in [0.5, 0.6) is 5.75 Å². The number of nitrogens with zero attached hydrogens (tertiary/aromatic N) is 1. The summed E-state index contributed by atoms with van der Waals surface area (Å²) in [5.41, 5.74) is 0.742. The summed E-state index contributed by atoms with van der Waals surface area (Å²) in [6, 6.07) is 17.4. The predicted molar refractivity (Wildman–Crippen MR) is 130 cm³/mol. The molecule has 1 fully saturated rings. The van der Waals surface area contributed by atoms with Gasteiger partial charge in [0.15, 0.2) is 6.61 Å². The van der Waals surface area contributed by atoms with Crippen molar-refractivity contribution in [3.8, 4) is 5.75 Å². The summed E-state index contributed by atoms with van der Waals surface area (Å²) in [5.74, 6) is -2.36. The minimum Gasteiger partial charge on any atom is -0.483 e. The second-order valence-electron chi connectivity index (χ2n) is 7.32. The zero-order valence-electron chi connectivity index (χ0n) is 18.0. The largest absolute Gasteiger partial charge is 0.483 e. The number of hydrogen-bond donors (Lipinski definition) is 2. The Balaban J connectivity index is 1.57. The molecule has 0 aromatic heterocycles. The molecule has 0 atom stereocenters. The number of hydrogen-bond acceptors (Lipinski definition) is 5. The van der Waals surface area contributed by atoms with Gasteiger partial charge in [-0.25, -0.2) is 14.1 Å². The lowest BCUT2D eigenvalue weighted by molar-refractivity contribution is -0.122. The van der Waals surface area contributed by atoms with Gasteiger partial charge in [0, 0.05) is 15.7 Å². The molecule has 4 rings (SSSR count). The average molecular weight is 538 g/mol. The van der Waals surface area contributed by atoms with Crippen LogP contribution in [0.1, 0.15) is 5.56 Å². The number of anilines is 2. The number of ether oxygens (including phenoxy) is 1. The van der Waals surface area contributed by atoms with E-state index in [-0.39, 0.29) is 17.9 Å². The van der Waals surface area contributed by atoms with Gasteiger partial charge >= 0.3 is 6.03 Å². The molecule has 0 saturated carbocycles. The van der Waals surface area contributed by atoms with Crippen LogP contribution in [0.15, 0.2) is 82.8 Å². The van der Waals surface area contributed by atoms with Crippen LogP contribution in [0.4, 0.5) is 20.6 Å². The van der Waals surface area contributed by atoms with Crippen molar-refractivity contribution in [1.29, 1.82) is 0 Å². The summed E-state index contributed by atoms with van der Waals surface area (Å²) in [7, 11) is 0. The van der Waals surface area contributed by atoms with E-state index in [9.17, 15) is 23.6 Å². The monoisotopic (exact) mass is 537 g/mol. The van der Waals surface area contributed by atoms with Crippen molar-refractivity contribution in [2.24, 2.45) is 0 Å². The zero-order chi connectivity index (χ0) is 24.9. The summed E-state index contributed by atoms with van der Waals surface area (Å²) in [6.07, 6.45) is 1.29. The van der Waals surface area contributed by atoms with Gasteiger partial charge < -0.3 is 10.1 Å². The Morgan fingerprint density at radius 2 is 1.74 bits per heavy atom.